The summed E-state index contributed by atoms with van der Waals surface area (Å²) in [5, 5.41) is 50.6. The van der Waals surface area contributed by atoms with Crippen molar-refractivity contribution < 1.29 is 39.9 Å². The third-order valence-electron chi connectivity index (χ3n) is 13.4. The van der Waals surface area contributed by atoms with Gasteiger partial charge in [-0.2, -0.15) is 9.97 Å². The number of anilines is 3. The van der Waals surface area contributed by atoms with Gasteiger partial charge in [0.15, 0.2) is 17.0 Å². The van der Waals surface area contributed by atoms with E-state index in [1.54, 1.807) is 18.3 Å². The Balaban J connectivity index is 0.000000210. The molecule has 0 bridgehead atoms. The number of hydrogen-bond donors (Lipinski definition) is 8. The lowest BCUT2D eigenvalue weighted by molar-refractivity contribution is -0.140. The van der Waals surface area contributed by atoms with Crippen LogP contribution in [-0.4, -0.2) is 94.7 Å². The number of carboxylic acids is 2. The number of fused-ring (bicyclic) bond motifs is 2. The smallest absolute Gasteiger partial charge is 0.326 e. The van der Waals surface area contributed by atoms with Crippen molar-refractivity contribution in [1.82, 2.24) is 25.3 Å². The summed E-state index contributed by atoms with van der Waals surface area (Å²) in [4.78, 5) is 52.7. The summed E-state index contributed by atoms with van der Waals surface area (Å²) >= 11 is 0. The Labute approximate surface area is 367 Å². The van der Waals surface area contributed by atoms with E-state index < -0.39 is 36.1 Å². The molecule has 338 valence electrons. The summed E-state index contributed by atoms with van der Waals surface area (Å²) in [6.45, 7) is 9.25. The predicted octanol–water partition coefficient (Wildman–Crippen LogP) is 5.36. The third kappa shape index (κ3) is 11.7. The number of hydrogen-bond acceptors (Lipinski definition) is 13. The van der Waals surface area contributed by atoms with Gasteiger partial charge >= 0.3 is 11.9 Å². The van der Waals surface area contributed by atoms with Crippen LogP contribution in [0.15, 0.2) is 78.1 Å². The van der Waals surface area contributed by atoms with Crippen LogP contribution >= 0.6 is 0 Å². The first kappa shape index (κ1) is 46.8. The molecule has 16 heteroatoms. The molecule has 0 radical (unpaired) electrons. The lowest BCUT2D eigenvalue weighted by atomic mass is 9.61. The van der Waals surface area contributed by atoms with Crippen LogP contribution in [0.4, 0.5) is 17.5 Å². The number of rotatable bonds is 14. The van der Waals surface area contributed by atoms with Crippen LogP contribution in [0.25, 0.3) is 11.2 Å². The number of aliphatic carboxylic acids is 2. The number of nitrogens with two attached hydrogens (primary N) is 2. The first-order valence-electron chi connectivity index (χ1n) is 21.9. The van der Waals surface area contributed by atoms with E-state index in [0.717, 1.165) is 23.3 Å². The molecular formula is C47H62N8O8. The number of nitrogens with zero attached hydrogens (tertiary/aromatic N) is 5. The number of carbonyl (C=O) groups is 3. The van der Waals surface area contributed by atoms with Crippen molar-refractivity contribution in [1.29, 1.82) is 0 Å². The lowest BCUT2D eigenvalue weighted by Crippen LogP contribution is -2.41. The van der Waals surface area contributed by atoms with Crippen molar-refractivity contribution in [2.75, 3.05) is 23.4 Å². The number of carbonyl (C=O) groups excluding carboxylic acids is 1. The minimum atomic E-state index is -1.30. The molecular weight excluding hydrogens is 805 g/mol. The maximum Gasteiger partial charge on any atom is 0.326 e. The Kier molecular flexibility index (Phi) is 15.0. The van der Waals surface area contributed by atoms with Gasteiger partial charge in [0.2, 0.25) is 5.95 Å². The molecule has 0 saturated heterocycles. The Morgan fingerprint density at radius 3 is 2.44 bits per heavy atom. The van der Waals surface area contributed by atoms with Gasteiger partial charge in [0.05, 0.1) is 36.7 Å². The molecule has 2 heterocycles. The largest absolute Gasteiger partial charge is 0.481 e. The van der Waals surface area contributed by atoms with E-state index in [1.807, 2.05) is 11.9 Å². The van der Waals surface area contributed by atoms with E-state index in [4.69, 9.17) is 16.6 Å². The number of aliphatic hydroxyl groups is 3. The van der Waals surface area contributed by atoms with Gasteiger partial charge in [-0.25, -0.2) is 14.8 Å². The molecule has 1 aromatic carbocycles. The zero-order chi connectivity index (χ0) is 45.6. The highest BCUT2D eigenvalue weighted by atomic mass is 16.4. The molecule has 0 aliphatic heterocycles. The molecule has 10 N–H and O–H groups in total. The predicted molar refractivity (Wildman–Crippen MR) is 240 cm³/mol. The highest BCUT2D eigenvalue weighted by Crippen LogP contribution is 2.59. The second-order valence-electron chi connectivity index (χ2n) is 17.9. The summed E-state index contributed by atoms with van der Waals surface area (Å²) in [6, 6.07) is 5.16. The van der Waals surface area contributed by atoms with Crippen LogP contribution in [0.2, 0.25) is 0 Å². The van der Waals surface area contributed by atoms with Crippen LogP contribution in [-0.2, 0) is 16.1 Å². The summed E-state index contributed by atoms with van der Waals surface area (Å²) in [6.07, 6.45) is 17.9. The monoisotopic (exact) mass is 866 g/mol. The maximum absolute atomic E-state index is 12.4. The minimum Gasteiger partial charge on any atom is -0.481 e. The number of carboxylic acid groups (broad SMARTS) is 2. The van der Waals surface area contributed by atoms with Gasteiger partial charge in [0, 0.05) is 31.1 Å². The lowest BCUT2D eigenvalue weighted by Gasteiger charge is -2.44. The molecule has 4 aliphatic rings. The van der Waals surface area contributed by atoms with Crippen molar-refractivity contribution in [3.8, 4) is 0 Å². The van der Waals surface area contributed by atoms with Gasteiger partial charge in [-0.1, -0.05) is 50.3 Å². The van der Waals surface area contributed by atoms with Crippen molar-refractivity contribution in [2.45, 2.75) is 115 Å². The van der Waals surface area contributed by atoms with Crippen LogP contribution in [0.1, 0.15) is 101 Å². The first-order chi connectivity index (χ1) is 29.9. The van der Waals surface area contributed by atoms with Crippen LogP contribution < -0.4 is 21.7 Å². The molecule has 0 spiro atoms. The standard InChI is InChI=1S/C27H40O3.C20H22N8O5/c1-17(6-13-25(29)20-8-9-20)23-11-12-24-19(5-4-14-27(23,24)3)7-10-21-15-22(28)16-26(30)18(21)2;1-28(9-11-8-23-17-15(24-11)16(21)26-20(22)27-17)12-4-2-10(3-5-12)18(31)25-13(19(32)33)6-7-14(29)30/h6-7,10,13,17,20,22-26,28-30H,2,4-5,8-9,11-12,14-16H2,1,3H3;2-5,8,13H,6-7,9H2,1H3,(H,25,31)(H,29,30)(H,32,33)(H4,21,22,23,26,27)/b13-6+,19-7-,21-10-;/t17-,22+,23-,24-,25-,26-,27+;13-/m10/s1. The fraction of sp³-hybridized carbons (Fsp3) is 0.511. The van der Waals surface area contributed by atoms with E-state index in [1.165, 1.54) is 56.2 Å². The molecule has 3 aromatic rings. The Hall–Kier alpha value is -5.71. The number of allylic oxidation sites excluding steroid dienone is 4. The summed E-state index contributed by atoms with van der Waals surface area (Å²) in [5.74, 6) is -0.632. The van der Waals surface area contributed by atoms with Gasteiger partial charge in [0.25, 0.3) is 5.91 Å². The Morgan fingerprint density at radius 1 is 1.03 bits per heavy atom. The summed E-state index contributed by atoms with van der Waals surface area (Å²) in [7, 11) is 1.82. The van der Waals surface area contributed by atoms with Crippen LogP contribution in [0.5, 0.6) is 0 Å². The van der Waals surface area contributed by atoms with Crippen molar-refractivity contribution >= 4 is 46.5 Å². The zero-order valence-electron chi connectivity index (χ0n) is 36.4. The van der Waals surface area contributed by atoms with Crippen molar-refractivity contribution in [3.05, 3.63) is 89.3 Å². The Bertz CT molecular complexity index is 2260. The maximum atomic E-state index is 12.4. The molecule has 8 atom stereocenters. The number of aromatic nitrogens is 4. The van der Waals surface area contributed by atoms with Crippen LogP contribution in [0.3, 0.4) is 0 Å². The fourth-order valence-corrected chi connectivity index (χ4v) is 9.65. The zero-order valence-corrected chi connectivity index (χ0v) is 36.4. The van der Waals surface area contributed by atoms with Gasteiger partial charge in [0.1, 0.15) is 6.04 Å². The van der Waals surface area contributed by atoms with Crippen LogP contribution in [0, 0.1) is 29.1 Å². The molecule has 4 saturated carbocycles. The average molecular weight is 867 g/mol. The molecule has 4 fully saturated rings. The van der Waals surface area contributed by atoms with Gasteiger partial charge in [-0.15, -0.1) is 0 Å². The summed E-state index contributed by atoms with van der Waals surface area (Å²) in [5.41, 5.74) is 17.3. The number of amides is 1. The molecule has 1 amide bonds. The fourth-order valence-electron chi connectivity index (χ4n) is 9.65. The van der Waals surface area contributed by atoms with E-state index in [9.17, 15) is 34.8 Å². The van der Waals surface area contributed by atoms with Gasteiger partial charge in [-0.05, 0) is 122 Å². The van der Waals surface area contributed by atoms with Gasteiger partial charge < -0.3 is 47.2 Å². The first-order valence-corrected chi connectivity index (χ1v) is 21.9. The molecule has 16 nitrogen and oxygen atoms in total. The van der Waals surface area contributed by atoms with Crippen molar-refractivity contribution in [2.24, 2.45) is 29.1 Å². The number of benzene rings is 1. The number of nitrogen functional groups attached to an aromatic ring is 2. The molecule has 2 aromatic heterocycles. The quantitative estimate of drug-likeness (QED) is 0.0948. The minimum absolute atomic E-state index is 0.0138. The second-order valence-corrected chi connectivity index (χ2v) is 17.9. The van der Waals surface area contributed by atoms with E-state index >= 15 is 0 Å². The Morgan fingerprint density at radius 2 is 1.76 bits per heavy atom. The van der Waals surface area contributed by atoms with E-state index in [0.29, 0.717) is 65.3 Å². The second kappa shape index (κ2) is 20.2. The SMILES string of the molecule is C=C1/C(=C\C=C2\CCC[C@]3(C)[C@@H]2CC[C@@H]3[C@H](C)/C=C/[C@@H](O)C2CC2)C[C@H](O)C[C@H]1O.CN(Cc1cnc2nc(N)nc(N)c2n1)c1ccc(C(=O)N[C@@H](CCC(=O)O)C(=O)O)cc1. The number of nitrogens with one attached hydrogen (secondary N) is 1. The summed E-state index contributed by atoms with van der Waals surface area (Å²) < 4.78 is 0. The van der Waals surface area contributed by atoms with E-state index in [-0.39, 0.29) is 36.3 Å². The number of aliphatic hydroxyl groups excluding tert-OH is 3. The topological polar surface area (TPSA) is 271 Å². The molecule has 0 unspecified atom stereocenters. The third-order valence-corrected chi connectivity index (χ3v) is 13.4. The highest BCUT2D eigenvalue weighted by Gasteiger charge is 2.50. The molecule has 63 heavy (non-hydrogen) atoms. The highest BCUT2D eigenvalue weighted by molar-refractivity contribution is 5.97. The average Bonchev–Trinajstić information content (AvgIpc) is 4.03. The van der Waals surface area contributed by atoms with Crippen molar-refractivity contribution in [3.63, 3.8) is 0 Å². The molecule has 7 rings (SSSR count). The van der Waals surface area contributed by atoms with Gasteiger partial charge in [-0.3, -0.25) is 9.59 Å². The molecule has 4 aliphatic carbocycles. The van der Waals surface area contributed by atoms with E-state index in [2.05, 4.69) is 70.0 Å². The normalized spacial score (nSPS) is 26.2.